The van der Waals surface area contributed by atoms with Gasteiger partial charge < -0.3 is 14.4 Å². The van der Waals surface area contributed by atoms with Crippen molar-refractivity contribution in [3.05, 3.63) is 11.6 Å². The van der Waals surface area contributed by atoms with Crippen LogP contribution in [0.4, 0.5) is 0 Å². The number of aromatic amines is 1. The second-order valence-electron chi connectivity index (χ2n) is 6.03. The van der Waals surface area contributed by atoms with Gasteiger partial charge >= 0.3 is 0 Å². The van der Waals surface area contributed by atoms with E-state index in [9.17, 15) is 4.79 Å². The van der Waals surface area contributed by atoms with Crippen LogP contribution in [-0.2, 0) is 14.3 Å². The van der Waals surface area contributed by atoms with Gasteiger partial charge in [-0.25, -0.2) is 4.98 Å². The van der Waals surface area contributed by atoms with Crippen LogP contribution < -0.4 is 0 Å². The molecule has 0 spiro atoms. The third kappa shape index (κ3) is 3.47. The number of hydrogen-bond donors (Lipinski definition) is 1. The Morgan fingerprint density at radius 1 is 1.32 bits per heavy atom. The van der Waals surface area contributed by atoms with E-state index < -0.39 is 0 Å². The Morgan fingerprint density at radius 2 is 2.14 bits per heavy atom. The molecule has 3 rings (SSSR count). The maximum absolute atomic E-state index is 11.9. The molecule has 7 heteroatoms. The maximum atomic E-state index is 11.9. The van der Waals surface area contributed by atoms with Crippen molar-refractivity contribution < 1.29 is 14.3 Å². The zero-order chi connectivity index (χ0) is 15.4. The monoisotopic (exact) mass is 308 g/mol. The molecule has 122 valence electrons. The number of likely N-dealkylation sites (tertiary alicyclic amines) is 1. The Labute approximate surface area is 130 Å². The lowest BCUT2D eigenvalue weighted by Gasteiger charge is -2.31. The zero-order valence-electron chi connectivity index (χ0n) is 13.1. The maximum Gasteiger partial charge on any atom is 0.222 e. The van der Waals surface area contributed by atoms with Crippen molar-refractivity contribution in [3.8, 4) is 0 Å². The van der Waals surface area contributed by atoms with Gasteiger partial charge in [-0.1, -0.05) is 0 Å². The van der Waals surface area contributed by atoms with Crippen molar-refractivity contribution in [1.82, 2.24) is 20.1 Å². The highest BCUT2D eigenvalue weighted by Gasteiger charge is 2.29. The van der Waals surface area contributed by atoms with E-state index in [0.29, 0.717) is 32.0 Å². The zero-order valence-corrected chi connectivity index (χ0v) is 13.1. The summed E-state index contributed by atoms with van der Waals surface area (Å²) in [5.41, 5.74) is 0. The lowest BCUT2D eigenvalue weighted by Crippen LogP contribution is -2.41. The van der Waals surface area contributed by atoms with Crippen molar-refractivity contribution in [2.45, 2.75) is 37.5 Å². The van der Waals surface area contributed by atoms with Gasteiger partial charge in [0.1, 0.15) is 5.82 Å². The Morgan fingerprint density at radius 3 is 2.91 bits per heavy atom. The predicted molar refractivity (Wildman–Crippen MR) is 79.6 cm³/mol. The average Bonchev–Trinajstić information content (AvgIpc) is 3.05. The number of nitrogens with one attached hydrogen (secondary N) is 1. The van der Waals surface area contributed by atoms with Gasteiger partial charge in [-0.15, -0.1) is 0 Å². The van der Waals surface area contributed by atoms with E-state index in [1.165, 1.54) is 0 Å². The first-order valence-corrected chi connectivity index (χ1v) is 8.04. The second kappa shape index (κ2) is 7.19. The normalized spacial score (nSPS) is 24.0. The number of aromatic nitrogens is 3. The van der Waals surface area contributed by atoms with Gasteiger partial charge in [0, 0.05) is 51.7 Å². The number of H-pyrrole nitrogens is 1. The minimum absolute atomic E-state index is 0.202. The summed E-state index contributed by atoms with van der Waals surface area (Å²) >= 11 is 0. The van der Waals surface area contributed by atoms with Crippen LogP contribution in [0, 0.1) is 0 Å². The Kier molecular flexibility index (Phi) is 5.04. The number of amides is 1. The molecule has 1 aromatic heterocycles. The minimum Gasteiger partial charge on any atom is -0.383 e. The van der Waals surface area contributed by atoms with Gasteiger partial charge in [0.15, 0.2) is 5.82 Å². The lowest BCUT2D eigenvalue weighted by molar-refractivity contribution is -0.134. The molecule has 2 aliphatic heterocycles. The molecule has 0 radical (unpaired) electrons. The van der Waals surface area contributed by atoms with Crippen molar-refractivity contribution in [1.29, 1.82) is 0 Å². The lowest BCUT2D eigenvalue weighted by atomic mass is 9.96. The highest BCUT2D eigenvalue weighted by Crippen LogP contribution is 2.28. The summed E-state index contributed by atoms with van der Waals surface area (Å²) < 4.78 is 10.5. The smallest absolute Gasteiger partial charge is 0.222 e. The number of carbonyl (C=O) groups excluding carboxylic acids is 1. The van der Waals surface area contributed by atoms with Crippen LogP contribution in [0.1, 0.15) is 49.2 Å². The molecule has 0 saturated carbocycles. The molecule has 2 aliphatic rings. The van der Waals surface area contributed by atoms with Crippen molar-refractivity contribution in [2.24, 2.45) is 0 Å². The van der Waals surface area contributed by atoms with E-state index in [1.54, 1.807) is 7.11 Å². The molecule has 3 heterocycles. The van der Waals surface area contributed by atoms with Gasteiger partial charge in [-0.2, -0.15) is 5.10 Å². The number of methoxy groups -OCH3 is 1. The first-order chi connectivity index (χ1) is 10.8. The fraction of sp³-hybridized carbons (Fsp3) is 0.800. The highest BCUT2D eigenvalue weighted by molar-refractivity contribution is 5.77. The SMILES string of the molecule is COCCN1C[C@H](c2n[nH]c(C3CCOCC3)n2)CCC1=O. The summed E-state index contributed by atoms with van der Waals surface area (Å²) in [6, 6.07) is 0. The number of hydrogen-bond acceptors (Lipinski definition) is 5. The summed E-state index contributed by atoms with van der Waals surface area (Å²) in [6.45, 7) is 3.49. The first kappa shape index (κ1) is 15.4. The largest absolute Gasteiger partial charge is 0.383 e. The van der Waals surface area contributed by atoms with E-state index in [-0.39, 0.29) is 11.8 Å². The average molecular weight is 308 g/mol. The summed E-state index contributed by atoms with van der Waals surface area (Å²) in [5.74, 6) is 2.66. The third-order valence-electron chi connectivity index (χ3n) is 4.56. The van der Waals surface area contributed by atoms with Crippen LogP contribution in [0.5, 0.6) is 0 Å². The van der Waals surface area contributed by atoms with Crippen LogP contribution in [0.2, 0.25) is 0 Å². The van der Waals surface area contributed by atoms with Gasteiger partial charge in [-0.05, 0) is 19.3 Å². The summed E-state index contributed by atoms with van der Waals surface area (Å²) in [7, 11) is 1.65. The van der Waals surface area contributed by atoms with Gasteiger partial charge in [0.25, 0.3) is 0 Å². The summed E-state index contributed by atoms with van der Waals surface area (Å²) in [6.07, 6.45) is 3.39. The number of carbonyl (C=O) groups is 1. The molecule has 2 saturated heterocycles. The quantitative estimate of drug-likeness (QED) is 0.879. The molecule has 22 heavy (non-hydrogen) atoms. The molecule has 7 nitrogen and oxygen atoms in total. The molecule has 1 N–H and O–H groups in total. The van der Waals surface area contributed by atoms with E-state index in [2.05, 4.69) is 10.2 Å². The van der Waals surface area contributed by atoms with Crippen LogP contribution >= 0.6 is 0 Å². The fourth-order valence-corrected chi connectivity index (χ4v) is 3.17. The minimum atomic E-state index is 0.202. The van der Waals surface area contributed by atoms with Crippen LogP contribution in [0.25, 0.3) is 0 Å². The standard InChI is InChI=1S/C15H24N4O3/c1-21-9-6-19-10-12(2-3-13(19)20)15-16-14(17-18-15)11-4-7-22-8-5-11/h11-12H,2-10H2,1H3,(H,16,17,18)/t12-/m1/s1. The molecule has 0 aromatic carbocycles. The molecule has 2 fully saturated rings. The molecule has 1 aromatic rings. The Balaban J connectivity index is 1.63. The molecule has 0 bridgehead atoms. The molecule has 0 aliphatic carbocycles. The second-order valence-corrected chi connectivity index (χ2v) is 6.03. The molecule has 1 atom stereocenters. The molecular formula is C15H24N4O3. The van der Waals surface area contributed by atoms with Gasteiger partial charge in [0.05, 0.1) is 6.61 Å². The van der Waals surface area contributed by atoms with E-state index in [4.69, 9.17) is 14.5 Å². The van der Waals surface area contributed by atoms with Crippen LogP contribution in [-0.4, -0.2) is 66.0 Å². The topological polar surface area (TPSA) is 80.3 Å². The van der Waals surface area contributed by atoms with Crippen molar-refractivity contribution in [2.75, 3.05) is 40.0 Å². The van der Waals surface area contributed by atoms with Gasteiger partial charge in [-0.3, -0.25) is 9.89 Å². The third-order valence-corrected chi connectivity index (χ3v) is 4.56. The number of piperidine rings is 1. The van der Waals surface area contributed by atoms with Crippen molar-refractivity contribution >= 4 is 5.91 Å². The molecule has 0 unspecified atom stereocenters. The summed E-state index contributed by atoms with van der Waals surface area (Å²) in [5, 5.41) is 7.51. The van der Waals surface area contributed by atoms with E-state index >= 15 is 0 Å². The van der Waals surface area contributed by atoms with Crippen LogP contribution in [0.3, 0.4) is 0 Å². The fourth-order valence-electron chi connectivity index (χ4n) is 3.17. The van der Waals surface area contributed by atoms with E-state index in [1.807, 2.05) is 4.90 Å². The van der Waals surface area contributed by atoms with Gasteiger partial charge in [0.2, 0.25) is 5.91 Å². The van der Waals surface area contributed by atoms with E-state index in [0.717, 1.165) is 44.1 Å². The molecular weight excluding hydrogens is 284 g/mol. The highest BCUT2D eigenvalue weighted by atomic mass is 16.5. The number of nitrogens with zero attached hydrogens (tertiary/aromatic N) is 3. The number of ether oxygens (including phenoxy) is 2. The Hall–Kier alpha value is -1.47. The first-order valence-electron chi connectivity index (χ1n) is 8.04. The number of rotatable bonds is 5. The molecule has 1 amide bonds. The summed E-state index contributed by atoms with van der Waals surface area (Å²) in [4.78, 5) is 18.5. The Bertz CT molecular complexity index is 499. The van der Waals surface area contributed by atoms with Crippen LogP contribution in [0.15, 0.2) is 0 Å². The predicted octanol–water partition coefficient (Wildman–Crippen LogP) is 1.05. The van der Waals surface area contributed by atoms with Crippen molar-refractivity contribution in [3.63, 3.8) is 0 Å².